The minimum atomic E-state index is -0.743. The smallest absolute Gasteiger partial charge is 0.251 e. The van der Waals surface area contributed by atoms with E-state index in [1.165, 1.54) is 0 Å². The zero-order valence-corrected chi connectivity index (χ0v) is 7.28. The average molecular weight is 187 g/mol. The van der Waals surface area contributed by atoms with Crippen molar-refractivity contribution >= 4 is 5.91 Å². The van der Waals surface area contributed by atoms with Gasteiger partial charge in [-0.25, -0.2) is 5.48 Å². The zero-order chi connectivity index (χ0) is 9.31. The fourth-order valence-electron chi connectivity index (χ4n) is 2.17. The molecule has 1 saturated carbocycles. The van der Waals surface area contributed by atoms with Gasteiger partial charge in [-0.3, -0.25) is 10.0 Å². The quantitative estimate of drug-likeness (QED) is 0.449. The average Bonchev–Trinajstić information content (AvgIpc) is 2.76. The first-order valence-electron chi connectivity index (χ1n) is 4.50. The molecular weight excluding hydrogens is 174 g/mol. The molecule has 0 aromatic heterocycles. The summed E-state index contributed by atoms with van der Waals surface area (Å²) in [6.45, 7) is 1.07. The van der Waals surface area contributed by atoms with Gasteiger partial charge in [-0.15, -0.1) is 0 Å². The van der Waals surface area contributed by atoms with Crippen LogP contribution in [-0.2, 0) is 14.3 Å². The first-order valence-corrected chi connectivity index (χ1v) is 4.50. The van der Waals surface area contributed by atoms with Crippen LogP contribution in [0.1, 0.15) is 19.3 Å². The molecule has 0 aromatic rings. The number of nitrogens with one attached hydrogen (secondary N) is 1. The summed E-state index contributed by atoms with van der Waals surface area (Å²) in [4.78, 5) is 11.3. The molecule has 5 heteroatoms. The predicted octanol–water partition coefficient (Wildman–Crippen LogP) is 0.0350. The number of ether oxygens (including phenoxy) is 2. The Labute approximate surface area is 76.0 Å². The lowest BCUT2D eigenvalue weighted by molar-refractivity contribution is -0.190. The van der Waals surface area contributed by atoms with Gasteiger partial charge >= 0.3 is 0 Å². The molecule has 13 heavy (non-hydrogen) atoms. The van der Waals surface area contributed by atoms with Gasteiger partial charge in [0.25, 0.3) is 5.91 Å². The maximum Gasteiger partial charge on any atom is 0.251 e. The second kappa shape index (κ2) is 3.25. The lowest BCUT2D eigenvalue weighted by atomic mass is 10.0. The number of hydroxylamine groups is 1. The number of rotatable bonds is 1. The predicted molar refractivity (Wildman–Crippen MR) is 41.9 cm³/mol. The van der Waals surface area contributed by atoms with Gasteiger partial charge in [-0.05, 0) is 12.8 Å². The highest BCUT2D eigenvalue weighted by Gasteiger charge is 2.51. The third-order valence-electron chi connectivity index (χ3n) is 2.75. The molecule has 1 spiro atoms. The van der Waals surface area contributed by atoms with E-state index in [4.69, 9.17) is 14.7 Å². The van der Waals surface area contributed by atoms with Crippen molar-refractivity contribution in [3.63, 3.8) is 0 Å². The van der Waals surface area contributed by atoms with E-state index in [0.29, 0.717) is 19.6 Å². The highest BCUT2D eigenvalue weighted by atomic mass is 16.7. The largest absolute Gasteiger partial charge is 0.347 e. The van der Waals surface area contributed by atoms with Crippen molar-refractivity contribution in [2.24, 2.45) is 5.92 Å². The summed E-state index contributed by atoms with van der Waals surface area (Å²) in [6.07, 6.45) is 2.36. The molecule has 1 heterocycles. The van der Waals surface area contributed by atoms with Crippen LogP contribution in [-0.4, -0.2) is 30.1 Å². The molecule has 0 radical (unpaired) electrons. The SMILES string of the molecule is O=C(NO)C1CCCC12OCCO2. The van der Waals surface area contributed by atoms with E-state index in [-0.39, 0.29) is 5.92 Å². The second-order valence-corrected chi connectivity index (χ2v) is 3.43. The third kappa shape index (κ3) is 1.33. The number of hydrogen-bond donors (Lipinski definition) is 2. The summed E-state index contributed by atoms with van der Waals surface area (Å²) in [5, 5.41) is 8.53. The molecule has 2 aliphatic rings. The number of carbonyl (C=O) groups excluding carboxylic acids is 1. The fraction of sp³-hybridized carbons (Fsp3) is 0.875. The monoisotopic (exact) mass is 187 g/mol. The molecule has 1 saturated heterocycles. The summed E-state index contributed by atoms with van der Waals surface area (Å²) in [5.74, 6) is -1.51. The number of hydrogen-bond acceptors (Lipinski definition) is 4. The molecule has 1 atom stereocenters. The van der Waals surface area contributed by atoms with Crippen LogP contribution >= 0.6 is 0 Å². The molecule has 2 fully saturated rings. The topological polar surface area (TPSA) is 67.8 Å². The van der Waals surface area contributed by atoms with Crippen LogP contribution in [0, 0.1) is 5.92 Å². The Hall–Kier alpha value is -0.650. The Morgan fingerprint density at radius 1 is 1.46 bits per heavy atom. The van der Waals surface area contributed by atoms with E-state index in [9.17, 15) is 4.79 Å². The third-order valence-corrected chi connectivity index (χ3v) is 2.75. The highest BCUT2D eigenvalue weighted by Crippen LogP contribution is 2.42. The van der Waals surface area contributed by atoms with E-state index < -0.39 is 11.7 Å². The molecule has 1 amide bonds. The van der Waals surface area contributed by atoms with Crippen LogP contribution in [0.5, 0.6) is 0 Å². The summed E-state index contributed by atoms with van der Waals surface area (Å²) in [6, 6.07) is 0. The molecule has 1 aliphatic carbocycles. The molecule has 0 aromatic carbocycles. The zero-order valence-electron chi connectivity index (χ0n) is 7.28. The second-order valence-electron chi connectivity index (χ2n) is 3.43. The van der Waals surface area contributed by atoms with Crippen LogP contribution in [0.3, 0.4) is 0 Å². The van der Waals surface area contributed by atoms with Crippen molar-refractivity contribution in [3.8, 4) is 0 Å². The maximum absolute atomic E-state index is 11.3. The van der Waals surface area contributed by atoms with Gasteiger partial charge in [0.1, 0.15) is 0 Å². The summed E-state index contributed by atoms with van der Waals surface area (Å²) in [5.41, 5.74) is 1.66. The molecular formula is C8H13NO4. The molecule has 2 N–H and O–H groups in total. The Bertz CT molecular complexity index is 207. The van der Waals surface area contributed by atoms with E-state index in [0.717, 1.165) is 12.8 Å². The Balaban J connectivity index is 2.13. The normalized spacial score (nSPS) is 31.0. The summed E-state index contributed by atoms with van der Waals surface area (Å²) >= 11 is 0. The first-order chi connectivity index (χ1) is 6.28. The van der Waals surface area contributed by atoms with E-state index in [2.05, 4.69) is 0 Å². The Morgan fingerprint density at radius 2 is 2.15 bits per heavy atom. The summed E-state index contributed by atoms with van der Waals surface area (Å²) in [7, 11) is 0. The summed E-state index contributed by atoms with van der Waals surface area (Å²) < 4.78 is 10.9. The van der Waals surface area contributed by atoms with Crippen molar-refractivity contribution in [1.82, 2.24) is 5.48 Å². The highest BCUT2D eigenvalue weighted by molar-refractivity contribution is 5.78. The standard InChI is InChI=1S/C8H13NO4/c10-7(9-11)6-2-1-3-8(6)12-4-5-13-8/h6,11H,1-5H2,(H,9,10). The van der Waals surface area contributed by atoms with Gasteiger partial charge < -0.3 is 9.47 Å². The van der Waals surface area contributed by atoms with Gasteiger partial charge in [0, 0.05) is 6.42 Å². The molecule has 0 bridgehead atoms. The van der Waals surface area contributed by atoms with Crippen LogP contribution < -0.4 is 5.48 Å². The van der Waals surface area contributed by atoms with Gasteiger partial charge in [0.15, 0.2) is 5.79 Å². The van der Waals surface area contributed by atoms with Gasteiger partial charge in [0.05, 0.1) is 19.1 Å². The van der Waals surface area contributed by atoms with E-state index in [1.807, 2.05) is 0 Å². The minimum absolute atomic E-state index is 0.361. The fourth-order valence-corrected chi connectivity index (χ4v) is 2.17. The Kier molecular flexibility index (Phi) is 2.23. The van der Waals surface area contributed by atoms with Crippen LogP contribution in [0.4, 0.5) is 0 Å². The van der Waals surface area contributed by atoms with Crippen LogP contribution in [0.2, 0.25) is 0 Å². The van der Waals surface area contributed by atoms with Crippen LogP contribution in [0.15, 0.2) is 0 Å². The molecule has 2 rings (SSSR count). The lowest BCUT2D eigenvalue weighted by Crippen LogP contribution is -2.43. The van der Waals surface area contributed by atoms with Gasteiger partial charge in [-0.2, -0.15) is 0 Å². The van der Waals surface area contributed by atoms with Crippen LogP contribution in [0.25, 0.3) is 0 Å². The van der Waals surface area contributed by atoms with E-state index in [1.54, 1.807) is 5.48 Å². The van der Waals surface area contributed by atoms with E-state index >= 15 is 0 Å². The van der Waals surface area contributed by atoms with Crippen molar-refractivity contribution in [2.45, 2.75) is 25.0 Å². The molecule has 1 unspecified atom stereocenters. The minimum Gasteiger partial charge on any atom is -0.347 e. The maximum atomic E-state index is 11.3. The van der Waals surface area contributed by atoms with Gasteiger partial charge in [0.2, 0.25) is 0 Å². The van der Waals surface area contributed by atoms with Gasteiger partial charge in [-0.1, -0.05) is 0 Å². The van der Waals surface area contributed by atoms with Crippen molar-refractivity contribution in [1.29, 1.82) is 0 Å². The molecule has 5 nitrogen and oxygen atoms in total. The van der Waals surface area contributed by atoms with Crippen molar-refractivity contribution < 1.29 is 19.5 Å². The number of amides is 1. The first kappa shape index (κ1) is 8.93. The number of carbonyl (C=O) groups is 1. The molecule has 1 aliphatic heterocycles. The van der Waals surface area contributed by atoms with Crippen molar-refractivity contribution in [2.75, 3.05) is 13.2 Å². The Morgan fingerprint density at radius 3 is 2.77 bits per heavy atom. The lowest BCUT2D eigenvalue weighted by Gasteiger charge is -2.27. The molecule has 74 valence electrons. The van der Waals surface area contributed by atoms with Crippen molar-refractivity contribution in [3.05, 3.63) is 0 Å².